The standard InChI is InChI=1S/C17H17N3O6/c1-3-26-15-9-11(8-14(20(23)24)16(15)25-2)10-18-19-13-6-4-12(5-7-13)17(21)22/h4-10,19H,3H2,1-2H3,(H,21,22). The monoisotopic (exact) mass is 359 g/mol. The van der Waals surface area contributed by atoms with Crippen LogP contribution in [-0.2, 0) is 0 Å². The average molecular weight is 359 g/mol. The molecule has 9 heteroatoms. The van der Waals surface area contributed by atoms with Gasteiger partial charge in [0.05, 0.1) is 36.1 Å². The first-order valence-corrected chi connectivity index (χ1v) is 7.58. The van der Waals surface area contributed by atoms with Gasteiger partial charge in [-0.25, -0.2) is 4.79 Å². The van der Waals surface area contributed by atoms with Crippen LogP contribution in [0.3, 0.4) is 0 Å². The van der Waals surface area contributed by atoms with E-state index in [0.29, 0.717) is 17.9 Å². The molecule has 0 atom stereocenters. The lowest BCUT2D eigenvalue weighted by Crippen LogP contribution is -2.01. The molecule has 2 N–H and O–H groups in total. The lowest BCUT2D eigenvalue weighted by atomic mass is 10.2. The van der Waals surface area contributed by atoms with E-state index in [4.69, 9.17) is 14.6 Å². The molecule has 9 nitrogen and oxygen atoms in total. The number of aromatic carboxylic acids is 1. The Balaban J connectivity index is 2.23. The molecule has 0 aliphatic rings. The fraction of sp³-hybridized carbons (Fsp3) is 0.176. The van der Waals surface area contributed by atoms with Gasteiger partial charge in [-0.05, 0) is 37.3 Å². The maximum Gasteiger partial charge on any atom is 0.335 e. The Hall–Kier alpha value is -3.62. The van der Waals surface area contributed by atoms with Gasteiger partial charge >= 0.3 is 11.7 Å². The van der Waals surface area contributed by atoms with E-state index in [1.54, 1.807) is 25.1 Å². The van der Waals surface area contributed by atoms with E-state index in [9.17, 15) is 14.9 Å². The highest BCUT2D eigenvalue weighted by Crippen LogP contribution is 2.37. The van der Waals surface area contributed by atoms with Crippen LogP contribution in [0.1, 0.15) is 22.8 Å². The third kappa shape index (κ3) is 4.47. The van der Waals surface area contributed by atoms with E-state index < -0.39 is 10.9 Å². The number of rotatable bonds is 8. The molecule has 0 aromatic heterocycles. The number of hydrogen-bond acceptors (Lipinski definition) is 7. The average Bonchev–Trinajstić information content (AvgIpc) is 2.62. The van der Waals surface area contributed by atoms with Crippen LogP contribution in [0.5, 0.6) is 11.5 Å². The fourth-order valence-corrected chi connectivity index (χ4v) is 2.15. The molecule has 0 fully saturated rings. The van der Waals surface area contributed by atoms with Crippen LogP contribution in [0.2, 0.25) is 0 Å². The number of methoxy groups -OCH3 is 1. The number of nitro benzene ring substituents is 1. The van der Waals surface area contributed by atoms with Crippen LogP contribution in [0, 0.1) is 10.1 Å². The summed E-state index contributed by atoms with van der Waals surface area (Å²) in [5.74, 6) is -0.725. The summed E-state index contributed by atoms with van der Waals surface area (Å²) in [6.45, 7) is 2.08. The molecule has 26 heavy (non-hydrogen) atoms. The Labute approximate surface area is 149 Å². The van der Waals surface area contributed by atoms with Gasteiger partial charge in [0.15, 0.2) is 5.75 Å². The maximum atomic E-state index is 11.2. The first kappa shape index (κ1) is 18.7. The van der Waals surface area contributed by atoms with E-state index in [1.165, 1.54) is 31.5 Å². The van der Waals surface area contributed by atoms with Crippen LogP contribution in [-0.4, -0.2) is 35.9 Å². The van der Waals surface area contributed by atoms with E-state index in [1.807, 2.05) is 0 Å². The Kier molecular flexibility index (Phi) is 6.10. The second kappa shape index (κ2) is 8.47. The van der Waals surface area contributed by atoms with Gasteiger partial charge < -0.3 is 14.6 Å². The van der Waals surface area contributed by atoms with Crippen molar-refractivity contribution in [3.8, 4) is 11.5 Å². The molecule has 2 rings (SSSR count). The highest BCUT2D eigenvalue weighted by molar-refractivity contribution is 5.88. The minimum atomic E-state index is -1.02. The van der Waals surface area contributed by atoms with E-state index >= 15 is 0 Å². The Bertz CT molecular complexity index is 833. The van der Waals surface area contributed by atoms with Gasteiger partial charge in [0.25, 0.3) is 0 Å². The minimum absolute atomic E-state index is 0.0474. The summed E-state index contributed by atoms with van der Waals surface area (Å²) in [5, 5.41) is 24.1. The summed E-state index contributed by atoms with van der Waals surface area (Å²) < 4.78 is 10.5. The smallest absolute Gasteiger partial charge is 0.335 e. The molecule has 0 saturated heterocycles. The molecule has 0 bridgehead atoms. The molecule has 0 aliphatic carbocycles. The molecule has 0 aliphatic heterocycles. The molecule has 0 spiro atoms. The zero-order valence-electron chi connectivity index (χ0n) is 14.1. The van der Waals surface area contributed by atoms with Crippen LogP contribution in [0.25, 0.3) is 0 Å². The zero-order valence-corrected chi connectivity index (χ0v) is 14.1. The number of benzene rings is 2. The Morgan fingerprint density at radius 1 is 1.35 bits per heavy atom. The van der Waals surface area contributed by atoms with Gasteiger partial charge in [-0.2, -0.15) is 5.10 Å². The van der Waals surface area contributed by atoms with Gasteiger partial charge in [-0.15, -0.1) is 0 Å². The predicted octanol–water partition coefficient (Wildman–Crippen LogP) is 3.15. The predicted molar refractivity (Wildman–Crippen MR) is 95.4 cm³/mol. The molecule has 2 aromatic carbocycles. The van der Waals surface area contributed by atoms with Crippen molar-refractivity contribution in [3.05, 3.63) is 57.6 Å². The number of carbonyl (C=O) groups is 1. The second-order valence-corrected chi connectivity index (χ2v) is 5.01. The van der Waals surface area contributed by atoms with Crippen LogP contribution in [0.4, 0.5) is 11.4 Å². The number of nitrogens with one attached hydrogen (secondary N) is 1. The van der Waals surface area contributed by atoms with Crippen molar-refractivity contribution < 1.29 is 24.3 Å². The second-order valence-electron chi connectivity index (χ2n) is 5.01. The van der Waals surface area contributed by atoms with Crippen LogP contribution in [0.15, 0.2) is 41.5 Å². The van der Waals surface area contributed by atoms with Gasteiger partial charge in [0, 0.05) is 11.6 Å². The van der Waals surface area contributed by atoms with Crippen molar-refractivity contribution in [3.63, 3.8) is 0 Å². The number of nitro groups is 1. The van der Waals surface area contributed by atoms with Gasteiger partial charge in [-0.1, -0.05) is 0 Å². The SMILES string of the molecule is CCOc1cc(C=NNc2ccc(C(=O)O)cc2)cc([N+](=O)[O-])c1OC. The van der Waals surface area contributed by atoms with Crippen molar-refractivity contribution in [2.75, 3.05) is 19.1 Å². The van der Waals surface area contributed by atoms with Crippen LogP contribution >= 0.6 is 0 Å². The summed E-state index contributed by atoms with van der Waals surface area (Å²) in [4.78, 5) is 21.5. The van der Waals surface area contributed by atoms with Crippen molar-refractivity contribution in [1.82, 2.24) is 0 Å². The third-order valence-corrected chi connectivity index (χ3v) is 3.30. The van der Waals surface area contributed by atoms with Crippen LogP contribution < -0.4 is 14.9 Å². The van der Waals surface area contributed by atoms with Crippen molar-refractivity contribution >= 4 is 23.6 Å². The summed E-state index contributed by atoms with van der Waals surface area (Å²) in [5.41, 5.74) is 3.66. The number of hydrazone groups is 1. The molecule has 0 saturated carbocycles. The van der Waals surface area contributed by atoms with E-state index in [2.05, 4.69) is 10.5 Å². The number of nitrogens with zero attached hydrogens (tertiary/aromatic N) is 2. The largest absolute Gasteiger partial charge is 0.490 e. The fourth-order valence-electron chi connectivity index (χ4n) is 2.15. The Morgan fingerprint density at radius 2 is 2.04 bits per heavy atom. The third-order valence-electron chi connectivity index (χ3n) is 3.30. The highest BCUT2D eigenvalue weighted by Gasteiger charge is 2.21. The van der Waals surface area contributed by atoms with Gasteiger partial charge in [0.1, 0.15) is 0 Å². The molecular formula is C17H17N3O6. The molecule has 0 unspecified atom stereocenters. The first-order chi connectivity index (χ1) is 12.5. The minimum Gasteiger partial charge on any atom is -0.490 e. The van der Waals surface area contributed by atoms with Gasteiger partial charge in [-0.3, -0.25) is 15.5 Å². The van der Waals surface area contributed by atoms with Crippen molar-refractivity contribution in [2.45, 2.75) is 6.92 Å². The normalized spacial score (nSPS) is 10.5. The zero-order chi connectivity index (χ0) is 19.1. The summed E-state index contributed by atoms with van der Waals surface area (Å²) >= 11 is 0. The number of hydrogen-bond donors (Lipinski definition) is 2. The number of carboxylic acids is 1. The lowest BCUT2D eigenvalue weighted by molar-refractivity contribution is -0.385. The van der Waals surface area contributed by atoms with Crippen molar-refractivity contribution in [1.29, 1.82) is 0 Å². The molecule has 136 valence electrons. The maximum absolute atomic E-state index is 11.2. The topological polar surface area (TPSA) is 123 Å². The van der Waals surface area contributed by atoms with Gasteiger partial charge in [0.2, 0.25) is 5.75 Å². The molecule has 2 aromatic rings. The quantitative estimate of drug-likeness (QED) is 0.421. The highest BCUT2D eigenvalue weighted by atomic mass is 16.6. The van der Waals surface area contributed by atoms with E-state index in [0.717, 1.165) is 0 Å². The number of anilines is 1. The molecular weight excluding hydrogens is 342 g/mol. The molecule has 0 heterocycles. The van der Waals surface area contributed by atoms with E-state index in [-0.39, 0.29) is 22.7 Å². The van der Waals surface area contributed by atoms with Crippen molar-refractivity contribution in [2.24, 2.45) is 5.10 Å². The molecule has 0 radical (unpaired) electrons. The lowest BCUT2D eigenvalue weighted by Gasteiger charge is -2.10. The first-order valence-electron chi connectivity index (χ1n) is 7.58. The summed E-state index contributed by atoms with van der Waals surface area (Å²) in [7, 11) is 1.33. The summed E-state index contributed by atoms with van der Waals surface area (Å²) in [6, 6.07) is 8.89. The number of carboxylic acid groups (broad SMARTS) is 1. The molecule has 0 amide bonds. The number of ether oxygens (including phenoxy) is 2. The summed E-state index contributed by atoms with van der Waals surface area (Å²) in [6.07, 6.45) is 1.39. The Morgan fingerprint density at radius 3 is 2.58 bits per heavy atom.